The summed E-state index contributed by atoms with van der Waals surface area (Å²) >= 11 is 1.45. The van der Waals surface area contributed by atoms with Crippen LogP contribution in [0.25, 0.3) is 21.3 Å². The first kappa shape index (κ1) is 37.6. The summed E-state index contributed by atoms with van der Waals surface area (Å²) in [7, 11) is 1.94. The number of nitrogens with zero attached hydrogens (tertiary/aromatic N) is 6. The van der Waals surface area contributed by atoms with E-state index < -0.39 is 11.5 Å². The van der Waals surface area contributed by atoms with Crippen molar-refractivity contribution in [2.45, 2.75) is 97.2 Å². The summed E-state index contributed by atoms with van der Waals surface area (Å²) in [5.41, 5.74) is 6.28. The van der Waals surface area contributed by atoms with Crippen LogP contribution in [0.15, 0.2) is 59.9 Å². The topological polar surface area (TPSA) is 155 Å². The van der Waals surface area contributed by atoms with Gasteiger partial charge < -0.3 is 15.3 Å². The van der Waals surface area contributed by atoms with Crippen molar-refractivity contribution in [3.63, 3.8) is 0 Å². The Hall–Kier alpha value is -5.01. The van der Waals surface area contributed by atoms with Crippen molar-refractivity contribution in [2.24, 2.45) is 21.4 Å². The first-order chi connectivity index (χ1) is 27.3. The lowest BCUT2D eigenvalue weighted by molar-refractivity contribution is -0.161. The highest BCUT2D eigenvalue weighted by atomic mass is 32.1. The molecular formula is C44H50N8O4S. The van der Waals surface area contributed by atoms with Crippen LogP contribution in [-0.4, -0.2) is 62.4 Å². The molecule has 5 aliphatic rings. The maximum atomic E-state index is 14.0. The van der Waals surface area contributed by atoms with Crippen molar-refractivity contribution in [1.29, 1.82) is 0 Å². The zero-order valence-electron chi connectivity index (χ0n) is 33.2. The zero-order valence-corrected chi connectivity index (χ0v) is 34.0. The highest BCUT2D eigenvalue weighted by molar-refractivity contribution is 7.22. The normalized spacial score (nSPS) is 26.1. The number of aromatic carboxylic acids is 1. The average molecular weight is 787 g/mol. The van der Waals surface area contributed by atoms with Gasteiger partial charge in [0.05, 0.1) is 16.4 Å². The van der Waals surface area contributed by atoms with Crippen LogP contribution in [0.2, 0.25) is 0 Å². The number of pyridine rings is 1. The van der Waals surface area contributed by atoms with E-state index >= 15 is 0 Å². The molecule has 4 saturated carbocycles. The Labute approximate surface area is 336 Å². The third-order valence-corrected chi connectivity index (χ3v) is 14.2. The highest BCUT2D eigenvalue weighted by Gasteiger charge is 2.66. The molecule has 1 amide bonds. The minimum Gasteiger partial charge on any atom is -0.476 e. The fourth-order valence-corrected chi connectivity index (χ4v) is 13.0. The number of nitroso groups, excluding NO2 is 1. The van der Waals surface area contributed by atoms with E-state index in [4.69, 9.17) is 10.1 Å². The summed E-state index contributed by atoms with van der Waals surface area (Å²) in [4.78, 5) is 50.8. The van der Waals surface area contributed by atoms with E-state index in [1.807, 2.05) is 61.1 Å². The van der Waals surface area contributed by atoms with Crippen molar-refractivity contribution < 1.29 is 14.7 Å². The van der Waals surface area contributed by atoms with Crippen LogP contribution in [0, 0.1) is 28.1 Å². The lowest BCUT2D eigenvalue weighted by Crippen LogP contribution is -2.62. The van der Waals surface area contributed by atoms with Crippen molar-refractivity contribution >= 4 is 44.4 Å². The molecule has 4 bridgehead atoms. The molecule has 4 heterocycles. The molecule has 3 N–H and O–H groups in total. The van der Waals surface area contributed by atoms with Gasteiger partial charge in [0.2, 0.25) is 0 Å². The van der Waals surface area contributed by atoms with Crippen LogP contribution in [-0.2, 0) is 25.9 Å². The van der Waals surface area contributed by atoms with E-state index in [1.54, 1.807) is 6.20 Å². The molecule has 0 saturated heterocycles. The van der Waals surface area contributed by atoms with Gasteiger partial charge in [-0.1, -0.05) is 48.6 Å². The third-order valence-electron chi connectivity index (χ3n) is 13.2. The van der Waals surface area contributed by atoms with Crippen LogP contribution < -0.4 is 15.5 Å². The summed E-state index contributed by atoms with van der Waals surface area (Å²) in [6.07, 6.45) is 9.96. The Morgan fingerprint density at radius 3 is 2.51 bits per heavy atom. The number of amides is 1. The molecule has 12 nitrogen and oxygen atoms in total. The largest absolute Gasteiger partial charge is 0.476 e. The number of aromatic nitrogens is 4. The van der Waals surface area contributed by atoms with Gasteiger partial charge in [0.25, 0.3) is 5.91 Å². The predicted octanol–water partition coefficient (Wildman–Crippen LogP) is 8.41. The fourth-order valence-electron chi connectivity index (χ4n) is 12.2. The summed E-state index contributed by atoms with van der Waals surface area (Å²) in [5, 5.41) is 26.0. The van der Waals surface area contributed by atoms with E-state index in [0.29, 0.717) is 48.1 Å². The number of anilines is 2. The van der Waals surface area contributed by atoms with Gasteiger partial charge in [-0.05, 0) is 142 Å². The quantitative estimate of drug-likeness (QED) is 0.0835. The zero-order chi connectivity index (χ0) is 39.7. The van der Waals surface area contributed by atoms with E-state index in [9.17, 15) is 19.6 Å². The predicted molar refractivity (Wildman–Crippen MR) is 223 cm³/mol. The molecule has 13 heteroatoms. The van der Waals surface area contributed by atoms with Crippen LogP contribution in [0.4, 0.5) is 10.9 Å². The van der Waals surface area contributed by atoms with E-state index in [0.717, 1.165) is 96.1 Å². The molecule has 3 aromatic heterocycles. The Morgan fingerprint density at radius 1 is 0.982 bits per heavy atom. The van der Waals surface area contributed by atoms with Gasteiger partial charge in [-0.2, -0.15) is 10.0 Å². The molecule has 1 aliphatic heterocycles. The molecule has 57 heavy (non-hydrogen) atoms. The van der Waals surface area contributed by atoms with Crippen LogP contribution >= 0.6 is 11.3 Å². The molecule has 0 radical (unpaired) electrons. The number of hydrogen-bond acceptors (Lipinski definition) is 10. The summed E-state index contributed by atoms with van der Waals surface area (Å²) in [6.45, 7) is 9.25. The molecule has 4 fully saturated rings. The molecule has 10 rings (SSSR count). The van der Waals surface area contributed by atoms with Crippen LogP contribution in [0.3, 0.4) is 0 Å². The maximum Gasteiger partial charge on any atom is 0.355 e. The number of rotatable bonds is 12. The second-order valence-electron chi connectivity index (χ2n) is 18.3. The fraction of sp³-hybridized carbons (Fsp3) is 0.477. The lowest BCUT2D eigenvalue weighted by atomic mass is 9.38. The Balaban J connectivity index is 0.994. The standard InChI is InChI=1S/C44H50N8O4S/c1-27-32(18-46-52(27)26-43-21-41(2)20-42(3,22-43)24-44(23-41,25-43)50-56)30-11-12-36(48-37(30)39(54)55)51-15-13-29-16-28(8-7-14-45-4)17-31(33(29)19-51)38(53)49-40-47-34-9-5-6-10-35(34)57-40/h5-6,9-12,16-18,45H,7-8,13-15,19-26H2,1-4H3,(H,54,55)(H,47,49,53). The van der Waals surface area contributed by atoms with Crippen molar-refractivity contribution in [2.75, 3.05) is 30.4 Å². The summed E-state index contributed by atoms with van der Waals surface area (Å²) in [5.74, 6) is -0.775. The number of carboxylic acids is 1. The average Bonchev–Trinajstić information content (AvgIpc) is 3.74. The number of fused-ring (bicyclic) bond motifs is 2. The monoisotopic (exact) mass is 786 g/mol. The molecule has 0 spiro atoms. The highest BCUT2D eigenvalue weighted by Crippen LogP contribution is 2.72. The molecule has 5 aromatic rings. The SMILES string of the molecule is CNCCCc1cc2c(c(C(=O)Nc3nc4ccccc4s3)c1)CN(c1ccc(-c3cnn(CC45CC6(C)CC(C)(C4)CC(N=O)(C6)C5)c3C)c(C(=O)O)n1)CC2. The summed E-state index contributed by atoms with van der Waals surface area (Å²) < 4.78 is 3.02. The van der Waals surface area contributed by atoms with E-state index in [2.05, 4.69) is 45.6 Å². The second kappa shape index (κ2) is 13.8. The number of hydrogen-bond donors (Lipinski definition) is 3. The number of para-hydroxylation sites is 1. The van der Waals surface area contributed by atoms with Crippen molar-refractivity contribution in [1.82, 2.24) is 25.1 Å². The number of carbonyl (C=O) groups excluding carboxylic acids is 1. The molecule has 296 valence electrons. The van der Waals surface area contributed by atoms with Crippen LogP contribution in [0.1, 0.15) is 102 Å². The van der Waals surface area contributed by atoms with Crippen LogP contribution in [0.5, 0.6) is 0 Å². The molecule has 2 aromatic carbocycles. The Bertz CT molecular complexity index is 2390. The second-order valence-corrected chi connectivity index (χ2v) is 19.3. The van der Waals surface area contributed by atoms with E-state index in [-0.39, 0.29) is 27.8 Å². The minimum absolute atomic E-state index is 0.0337. The number of thiazole rings is 1. The third kappa shape index (κ3) is 6.82. The van der Waals surface area contributed by atoms with Gasteiger partial charge in [-0.25, -0.2) is 14.8 Å². The molecule has 4 aliphatic carbocycles. The number of carboxylic acid groups (broad SMARTS) is 1. The lowest BCUT2D eigenvalue weighted by Gasteiger charge is -2.67. The Morgan fingerprint density at radius 2 is 1.77 bits per heavy atom. The van der Waals surface area contributed by atoms with Gasteiger partial charge in [0, 0.05) is 42.0 Å². The summed E-state index contributed by atoms with van der Waals surface area (Å²) in [6, 6.07) is 15.8. The molecule has 2 unspecified atom stereocenters. The smallest absolute Gasteiger partial charge is 0.355 e. The van der Waals surface area contributed by atoms with Gasteiger partial charge >= 0.3 is 5.97 Å². The van der Waals surface area contributed by atoms with Gasteiger partial charge in [-0.3, -0.25) is 14.8 Å². The molecule has 2 atom stereocenters. The number of benzene rings is 2. The first-order valence-electron chi connectivity index (χ1n) is 20.1. The van der Waals surface area contributed by atoms with Gasteiger partial charge in [-0.15, -0.1) is 0 Å². The number of carbonyl (C=O) groups is 2. The van der Waals surface area contributed by atoms with Crippen molar-refractivity contribution in [3.05, 3.63) is 93.3 Å². The van der Waals surface area contributed by atoms with E-state index in [1.165, 1.54) is 11.3 Å². The van der Waals surface area contributed by atoms with Gasteiger partial charge in [0.1, 0.15) is 11.4 Å². The van der Waals surface area contributed by atoms with Crippen molar-refractivity contribution in [3.8, 4) is 11.1 Å². The minimum atomic E-state index is -1.11. The number of aryl methyl sites for hydroxylation is 1. The molecular weight excluding hydrogens is 737 g/mol. The first-order valence-corrected chi connectivity index (χ1v) is 21.0. The maximum absolute atomic E-state index is 14.0. The number of nitrogens with one attached hydrogen (secondary N) is 2. The Kier molecular flexibility index (Phi) is 9.11. The van der Waals surface area contributed by atoms with Gasteiger partial charge in [0.15, 0.2) is 10.8 Å².